The molecule has 2 saturated heterocycles. The number of thiocarbonyl (C=S) groups is 1. The number of rotatable bonds is 8. The van der Waals surface area contributed by atoms with Crippen LogP contribution >= 0.6 is 24.0 Å². The average molecular weight is 489 g/mol. The second-order valence-electron chi connectivity index (χ2n) is 8.39. The van der Waals surface area contributed by atoms with Crippen LogP contribution in [0.15, 0.2) is 9.70 Å². The molecule has 0 unspecified atom stereocenters. The molecule has 0 atom stereocenters. The van der Waals surface area contributed by atoms with Crippen LogP contribution in [0.25, 0.3) is 6.08 Å². The van der Waals surface area contributed by atoms with Crippen LogP contribution in [0.3, 0.4) is 0 Å². The highest BCUT2D eigenvalue weighted by molar-refractivity contribution is 8.26. The van der Waals surface area contributed by atoms with E-state index in [1.807, 2.05) is 13.0 Å². The summed E-state index contributed by atoms with van der Waals surface area (Å²) in [6.45, 7) is 6.95. The van der Waals surface area contributed by atoms with Gasteiger partial charge >= 0.3 is 0 Å². The number of aromatic nitrogens is 1. The van der Waals surface area contributed by atoms with E-state index in [9.17, 15) is 14.9 Å². The fourth-order valence-corrected chi connectivity index (χ4v) is 5.59. The zero-order valence-electron chi connectivity index (χ0n) is 19.7. The number of methoxy groups -OCH3 is 1. The Labute approximate surface area is 205 Å². The van der Waals surface area contributed by atoms with Crippen molar-refractivity contribution in [2.45, 2.75) is 58.9 Å². The molecule has 0 radical (unpaired) electrons. The highest BCUT2D eigenvalue weighted by Gasteiger charge is 2.33. The largest absolute Gasteiger partial charge is 0.383 e. The Hall–Kier alpha value is -2.15. The van der Waals surface area contributed by atoms with Crippen LogP contribution in [-0.2, 0) is 16.1 Å². The van der Waals surface area contributed by atoms with Gasteiger partial charge in [0.05, 0.1) is 18.1 Å². The van der Waals surface area contributed by atoms with E-state index in [0.717, 1.165) is 50.2 Å². The number of amides is 1. The number of hydrogen-bond acceptors (Lipinski definition) is 7. The quantitative estimate of drug-likeness (QED) is 0.403. The average Bonchev–Trinajstić information content (AvgIpc) is 2.97. The first kappa shape index (κ1) is 25.5. The molecule has 1 aromatic rings. The van der Waals surface area contributed by atoms with E-state index in [1.165, 1.54) is 24.6 Å². The van der Waals surface area contributed by atoms with E-state index in [-0.39, 0.29) is 17.0 Å². The maximum absolute atomic E-state index is 13.3. The van der Waals surface area contributed by atoms with E-state index in [1.54, 1.807) is 16.6 Å². The predicted octanol–water partition coefficient (Wildman–Crippen LogP) is 4.06. The minimum Gasteiger partial charge on any atom is -0.383 e. The van der Waals surface area contributed by atoms with Crippen molar-refractivity contribution in [1.82, 2.24) is 9.47 Å². The number of hydrogen-bond donors (Lipinski definition) is 0. The summed E-state index contributed by atoms with van der Waals surface area (Å²) in [5.41, 5.74) is 1.30. The van der Waals surface area contributed by atoms with Crippen LogP contribution in [0.4, 0.5) is 5.82 Å². The number of thioether (sulfide) groups is 1. The van der Waals surface area contributed by atoms with Gasteiger partial charge in [-0.3, -0.25) is 19.1 Å². The summed E-state index contributed by atoms with van der Waals surface area (Å²) in [6, 6.07) is 2.12. The van der Waals surface area contributed by atoms with E-state index in [2.05, 4.69) is 17.9 Å². The summed E-state index contributed by atoms with van der Waals surface area (Å²) in [7, 11) is 1.59. The van der Waals surface area contributed by atoms with E-state index >= 15 is 0 Å². The van der Waals surface area contributed by atoms with Crippen molar-refractivity contribution in [3.8, 4) is 6.07 Å². The molecule has 9 heteroatoms. The van der Waals surface area contributed by atoms with Crippen LogP contribution in [0, 0.1) is 18.3 Å². The lowest BCUT2D eigenvalue weighted by atomic mass is 10.0. The molecule has 0 spiro atoms. The lowest BCUT2D eigenvalue weighted by Crippen LogP contribution is -2.35. The number of nitrogens with zero attached hydrogens (tertiary/aromatic N) is 4. The lowest BCUT2D eigenvalue weighted by molar-refractivity contribution is -0.122. The van der Waals surface area contributed by atoms with E-state index < -0.39 is 0 Å². The smallest absolute Gasteiger partial charge is 0.270 e. The van der Waals surface area contributed by atoms with Gasteiger partial charge in [0.2, 0.25) is 0 Å². The molecule has 1 aromatic heterocycles. The van der Waals surface area contributed by atoms with Gasteiger partial charge in [0.15, 0.2) is 0 Å². The van der Waals surface area contributed by atoms with Gasteiger partial charge in [-0.2, -0.15) is 5.26 Å². The molecule has 0 aromatic carbocycles. The molecule has 2 fully saturated rings. The minimum atomic E-state index is -0.243. The van der Waals surface area contributed by atoms with Gasteiger partial charge in [-0.05, 0) is 37.8 Å². The third-order valence-corrected chi connectivity index (χ3v) is 7.53. The van der Waals surface area contributed by atoms with Crippen molar-refractivity contribution >= 4 is 46.1 Å². The second-order valence-corrected chi connectivity index (χ2v) is 10.1. The number of pyridine rings is 1. The van der Waals surface area contributed by atoms with E-state index in [4.69, 9.17) is 17.0 Å². The fraction of sp³-hybridized carbons (Fsp3) is 0.583. The normalized spacial score (nSPS) is 18.2. The first-order chi connectivity index (χ1) is 15.9. The summed E-state index contributed by atoms with van der Waals surface area (Å²) in [6.07, 6.45) is 8.06. The van der Waals surface area contributed by atoms with Crippen LogP contribution < -0.4 is 10.5 Å². The first-order valence-electron chi connectivity index (χ1n) is 11.6. The van der Waals surface area contributed by atoms with Crippen molar-refractivity contribution in [2.75, 3.05) is 38.3 Å². The molecule has 0 saturated carbocycles. The standard InChI is InChI=1S/C24H32N4O3S2/c1-4-5-12-27-21(26-10-8-6-7-9-11-26)18(17(2)19(16-25)22(27)29)15-20-23(30)28(13-14-31-3)24(32)33-20/h15H,4-14H2,1-3H3/b20-15+. The number of ether oxygens (including phenoxy) is 1. The summed E-state index contributed by atoms with van der Waals surface area (Å²) in [4.78, 5) is 30.8. The van der Waals surface area contributed by atoms with Gasteiger partial charge in [0.1, 0.15) is 21.8 Å². The van der Waals surface area contributed by atoms with Gasteiger partial charge in [-0.25, -0.2) is 0 Å². The molecular formula is C24H32N4O3S2. The molecular weight excluding hydrogens is 456 g/mol. The molecule has 0 N–H and O–H groups in total. The third kappa shape index (κ3) is 5.51. The van der Waals surface area contributed by atoms with Gasteiger partial charge in [0.25, 0.3) is 11.5 Å². The molecule has 2 aliphatic rings. The molecule has 0 aliphatic carbocycles. The third-order valence-electron chi connectivity index (χ3n) is 6.16. The Morgan fingerprint density at radius 3 is 2.48 bits per heavy atom. The SMILES string of the molecule is CCCCn1c(N2CCCCCC2)c(/C=C2/SC(=S)N(CCOC)C2=O)c(C)c(C#N)c1=O. The summed E-state index contributed by atoms with van der Waals surface area (Å²) >= 11 is 6.70. The van der Waals surface area contributed by atoms with Crippen molar-refractivity contribution < 1.29 is 9.53 Å². The van der Waals surface area contributed by atoms with Gasteiger partial charge in [-0.1, -0.05) is 50.2 Å². The number of anilines is 1. The highest BCUT2D eigenvalue weighted by atomic mass is 32.2. The Kier molecular flexibility index (Phi) is 9.12. The van der Waals surface area contributed by atoms with Crippen LogP contribution in [0.1, 0.15) is 62.1 Å². The highest BCUT2D eigenvalue weighted by Crippen LogP contribution is 2.36. The summed E-state index contributed by atoms with van der Waals surface area (Å²) < 4.78 is 7.38. The lowest BCUT2D eigenvalue weighted by Gasteiger charge is -2.29. The first-order valence-corrected chi connectivity index (χ1v) is 12.8. The van der Waals surface area contributed by atoms with Crippen molar-refractivity contribution in [1.29, 1.82) is 5.26 Å². The Bertz CT molecular complexity index is 1030. The number of unbranched alkanes of at least 4 members (excludes halogenated alkanes) is 1. The van der Waals surface area contributed by atoms with Crippen LogP contribution in [0.5, 0.6) is 0 Å². The van der Waals surface area contributed by atoms with Crippen molar-refractivity contribution in [3.05, 3.63) is 31.9 Å². The topological polar surface area (TPSA) is 78.6 Å². The zero-order valence-corrected chi connectivity index (χ0v) is 21.3. The molecule has 1 amide bonds. The molecule has 7 nitrogen and oxygen atoms in total. The van der Waals surface area contributed by atoms with Crippen LogP contribution in [0.2, 0.25) is 0 Å². The maximum atomic E-state index is 13.3. The Balaban J connectivity index is 2.19. The summed E-state index contributed by atoms with van der Waals surface area (Å²) in [5, 5.41) is 9.80. The minimum absolute atomic E-state index is 0.144. The monoisotopic (exact) mass is 488 g/mol. The maximum Gasteiger partial charge on any atom is 0.270 e. The van der Waals surface area contributed by atoms with Crippen molar-refractivity contribution in [2.24, 2.45) is 0 Å². The number of nitriles is 1. The molecule has 2 aliphatic heterocycles. The predicted molar refractivity (Wildman–Crippen MR) is 137 cm³/mol. The second kappa shape index (κ2) is 11.8. The van der Waals surface area contributed by atoms with Crippen LogP contribution in [-0.4, -0.2) is 53.0 Å². The zero-order chi connectivity index (χ0) is 24.0. The molecule has 3 heterocycles. The summed E-state index contributed by atoms with van der Waals surface area (Å²) in [5.74, 6) is 0.669. The van der Waals surface area contributed by atoms with Gasteiger partial charge < -0.3 is 9.64 Å². The molecule has 0 bridgehead atoms. The number of carbonyl (C=O) groups is 1. The fourth-order valence-electron chi connectivity index (χ4n) is 4.30. The van der Waals surface area contributed by atoms with Gasteiger partial charge in [0, 0.05) is 32.3 Å². The molecule has 178 valence electrons. The Morgan fingerprint density at radius 2 is 1.88 bits per heavy atom. The van der Waals surface area contributed by atoms with E-state index in [0.29, 0.717) is 34.5 Å². The van der Waals surface area contributed by atoms with Gasteiger partial charge in [-0.15, -0.1) is 0 Å². The number of carbonyl (C=O) groups excluding carboxylic acids is 1. The molecule has 3 rings (SSSR count). The molecule has 33 heavy (non-hydrogen) atoms. The Morgan fingerprint density at radius 1 is 1.18 bits per heavy atom. The van der Waals surface area contributed by atoms with Crippen molar-refractivity contribution in [3.63, 3.8) is 0 Å².